The highest BCUT2D eigenvalue weighted by molar-refractivity contribution is 6.11. The molecule has 0 amide bonds. The number of amidine groups is 2. The summed E-state index contributed by atoms with van der Waals surface area (Å²) in [6, 6.07) is 69.6. The second-order valence-corrected chi connectivity index (χ2v) is 19.2. The summed E-state index contributed by atoms with van der Waals surface area (Å²) in [5, 5.41) is 3.38. The van der Waals surface area contributed by atoms with Gasteiger partial charge in [0.1, 0.15) is 5.84 Å². The van der Waals surface area contributed by atoms with Gasteiger partial charge in [0.2, 0.25) is 0 Å². The zero-order chi connectivity index (χ0) is 52.2. The van der Waals surface area contributed by atoms with E-state index in [9.17, 15) is 0 Å². The molecule has 0 saturated heterocycles. The molecule has 0 bridgehead atoms. The second kappa shape index (κ2) is 23.4. The van der Waals surface area contributed by atoms with Crippen LogP contribution in [0.3, 0.4) is 0 Å². The number of para-hydroxylation sites is 2. The van der Waals surface area contributed by atoms with Crippen molar-refractivity contribution in [2.45, 2.75) is 50.4 Å². The van der Waals surface area contributed by atoms with Crippen molar-refractivity contribution < 1.29 is 0 Å². The fourth-order valence-corrected chi connectivity index (χ4v) is 11.4. The Morgan fingerprint density at radius 3 is 1.83 bits per heavy atom. The van der Waals surface area contributed by atoms with Crippen molar-refractivity contribution in [3.63, 3.8) is 0 Å². The molecule has 0 unspecified atom stereocenters. The van der Waals surface area contributed by atoms with Crippen LogP contribution >= 0.6 is 0 Å². The minimum atomic E-state index is -0.461. The number of fused-ring (bicyclic) bond motifs is 2. The van der Waals surface area contributed by atoms with Gasteiger partial charge < -0.3 is 15.1 Å². The molecule has 0 saturated carbocycles. The normalized spacial score (nSPS) is 17.4. The van der Waals surface area contributed by atoms with Crippen molar-refractivity contribution in [1.29, 1.82) is 0 Å². The van der Waals surface area contributed by atoms with Gasteiger partial charge in [-0.05, 0) is 121 Å². The third-order valence-electron chi connectivity index (χ3n) is 14.9. The maximum Gasteiger partial charge on any atom is 0.161 e. The first-order valence-corrected chi connectivity index (χ1v) is 26.5. The van der Waals surface area contributed by atoms with Crippen LogP contribution in [0.1, 0.15) is 78.5 Å². The van der Waals surface area contributed by atoms with Crippen LogP contribution in [0.4, 0.5) is 17.1 Å². The van der Waals surface area contributed by atoms with Gasteiger partial charge >= 0.3 is 0 Å². The van der Waals surface area contributed by atoms with Crippen LogP contribution < -0.4 is 10.2 Å². The summed E-state index contributed by atoms with van der Waals surface area (Å²) >= 11 is 0. The van der Waals surface area contributed by atoms with E-state index >= 15 is 0 Å². The van der Waals surface area contributed by atoms with Gasteiger partial charge in [-0.2, -0.15) is 0 Å². The predicted octanol–water partition coefficient (Wildman–Crippen LogP) is 17.1. The largest absolute Gasteiger partial charge is 0.373 e. The molecular formula is C71H65N5. The molecule has 10 rings (SSSR count). The van der Waals surface area contributed by atoms with Crippen LogP contribution in [0.15, 0.2) is 312 Å². The fourth-order valence-electron chi connectivity index (χ4n) is 11.4. The van der Waals surface area contributed by atoms with Gasteiger partial charge in [0, 0.05) is 47.2 Å². The van der Waals surface area contributed by atoms with Gasteiger partial charge in [-0.15, -0.1) is 0 Å². The van der Waals surface area contributed by atoms with E-state index in [0.717, 1.165) is 65.3 Å². The number of allylic oxidation sites excluding steroid dienone is 14. The SMILES string of the molecule is C=C1/C=C\C=C/CC(c2ccccc2)(c2ccccc2)C2=C(CCC=C2)N1C(/C=C\N=C(N=C(NC)c1ccccc1)c1ccc(N2c3ccccc3C(C/C=C\C=C/C)(c3ccccc3)c3ccccc32)cc1)=C/C. The van der Waals surface area contributed by atoms with Crippen LogP contribution in [0.2, 0.25) is 0 Å². The number of aliphatic imine (C=N–C) groups is 2. The van der Waals surface area contributed by atoms with E-state index in [1.54, 1.807) is 0 Å². The zero-order valence-corrected chi connectivity index (χ0v) is 43.8. The van der Waals surface area contributed by atoms with Crippen LogP contribution in [0, 0.1) is 0 Å². The van der Waals surface area contributed by atoms with Gasteiger partial charge in [0.05, 0.1) is 22.2 Å². The summed E-state index contributed by atoms with van der Waals surface area (Å²) in [5.74, 6) is 1.28. The highest BCUT2D eigenvalue weighted by Gasteiger charge is 2.44. The van der Waals surface area contributed by atoms with E-state index in [1.165, 1.54) is 39.1 Å². The summed E-state index contributed by atoms with van der Waals surface area (Å²) in [5.41, 5.74) is 14.9. The first-order chi connectivity index (χ1) is 37.5. The molecule has 5 nitrogen and oxygen atoms in total. The number of nitrogens with one attached hydrogen (secondary N) is 1. The summed E-state index contributed by atoms with van der Waals surface area (Å²) in [6.07, 6.45) is 31.5. The number of hydrogen-bond donors (Lipinski definition) is 1. The Balaban J connectivity index is 1.08. The topological polar surface area (TPSA) is 43.2 Å². The van der Waals surface area contributed by atoms with Crippen molar-refractivity contribution in [3.05, 3.63) is 341 Å². The standard InChI is InChI=1S/C71H65N5/c1-5-7-8-29-52-71(59-38-21-12-22-39-59)63-41-24-27-44-66(63)76(67-45-28-25-42-64(67)71)61-48-46-56(47-49-61)69(74-68(72-4)55-32-15-9-16-33-55)73-53-50-60(6-2)75-54(3)31-14-13-30-51-70(57-34-17-10-18-35-57,58-36-19-11-20-37-58)62-40-23-26-43-65(62)75/h5-25,27-42,44-50,53H,3,26,43,51-52H2,1-2,4H3,(H,72,73,74)/b7-5-,29-8-,30-13-,31-14-,53-50-,60-6+. The average molecular weight is 988 g/mol. The van der Waals surface area contributed by atoms with Crippen molar-refractivity contribution >= 4 is 28.7 Å². The lowest BCUT2D eigenvalue weighted by atomic mass is 9.64. The van der Waals surface area contributed by atoms with E-state index in [0.29, 0.717) is 11.7 Å². The molecule has 7 aromatic rings. The van der Waals surface area contributed by atoms with Gasteiger partial charge in [-0.3, -0.25) is 0 Å². The minimum absolute atomic E-state index is 0.417. The molecule has 5 heteroatoms. The molecule has 1 N–H and O–H groups in total. The first kappa shape index (κ1) is 50.5. The lowest BCUT2D eigenvalue weighted by Crippen LogP contribution is -2.36. The quantitative estimate of drug-likeness (QED) is 0.0754. The fraction of sp³-hybridized carbons (Fsp3) is 0.127. The van der Waals surface area contributed by atoms with Crippen molar-refractivity contribution in [1.82, 2.24) is 10.2 Å². The molecule has 3 aliphatic rings. The molecule has 0 spiro atoms. The van der Waals surface area contributed by atoms with E-state index in [2.05, 4.69) is 278 Å². The average Bonchev–Trinajstić information content (AvgIpc) is 3.64. The van der Waals surface area contributed by atoms with Crippen LogP contribution in [0.5, 0.6) is 0 Å². The minimum Gasteiger partial charge on any atom is -0.373 e. The Hall–Kier alpha value is -9.06. The molecule has 7 aromatic carbocycles. The van der Waals surface area contributed by atoms with Gasteiger partial charge in [-0.1, -0.05) is 225 Å². The number of rotatable bonds is 12. The van der Waals surface area contributed by atoms with Crippen LogP contribution in [-0.4, -0.2) is 23.6 Å². The number of anilines is 3. The number of nitrogens with zero attached hydrogens (tertiary/aromatic N) is 4. The molecule has 2 aliphatic heterocycles. The lowest BCUT2D eigenvalue weighted by molar-refractivity contribution is 0.493. The van der Waals surface area contributed by atoms with Gasteiger partial charge in [0.15, 0.2) is 5.84 Å². The van der Waals surface area contributed by atoms with Gasteiger partial charge in [0.25, 0.3) is 0 Å². The summed E-state index contributed by atoms with van der Waals surface area (Å²) in [6.45, 7) is 8.86. The zero-order valence-electron chi connectivity index (χ0n) is 43.8. The third-order valence-corrected chi connectivity index (χ3v) is 14.9. The molecule has 0 aromatic heterocycles. The molecule has 0 radical (unpaired) electrons. The molecular weight excluding hydrogens is 923 g/mol. The van der Waals surface area contributed by atoms with Crippen molar-refractivity contribution in [2.24, 2.45) is 9.98 Å². The van der Waals surface area contributed by atoms with Crippen LogP contribution in [0.25, 0.3) is 0 Å². The molecule has 1 aliphatic carbocycles. The maximum atomic E-state index is 5.29. The Morgan fingerprint density at radius 2 is 1.22 bits per heavy atom. The van der Waals surface area contributed by atoms with Crippen molar-refractivity contribution in [2.75, 3.05) is 11.9 Å². The van der Waals surface area contributed by atoms with E-state index in [4.69, 9.17) is 16.6 Å². The van der Waals surface area contributed by atoms with Crippen LogP contribution in [-0.2, 0) is 10.8 Å². The number of hydrogen-bond acceptors (Lipinski definition) is 3. The highest BCUT2D eigenvalue weighted by atomic mass is 15.2. The number of benzene rings is 7. The Morgan fingerprint density at radius 1 is 0.632 bits per heavy atom. The van der Waals surface area contributed by atoms with E-state index < -0.39 is 10.8 Å². The van der Waals surface area contributed by atoms with E-state index in [1.807, 2.05) is 31.4 Å². The Kier molecular flexibility index (Phi) is 15.6. The smallest absolute Gasteiger partial charge is 0.161 e. The molecule has 0 fully saturated rings. The maximum absolute atomic E-state index is 5.29. The highest BCUT2D eigenvalue weighted by Crippen LogP contribution is 2.56. The second-order valence-electron chi connectivity index (χ2n) is 19.2. The summed E-state index contributed by atoms with van der Waals surface area (Å²) < 4.78 is 0. The predicted molar refractivity (Wildman–Crippen MR) is 320 cm³/mol. The first-order valence-electron chi connectivity index (χ1n) is 26.5. The Bertz CT molecular complexity index is 3390. The lowest BCUT2D eigenvalue weighted by Gasteiger charge is -2.46. The monoisotopic (exact) mass is 988 g/mol. The molecule has 76 heavy (non-hydrogen) atoms. The molecule has 0 atom stereocenters. The summed E-state index contributed by atoms with van der Waals surface area (Å²) in [7, 11) is 1.91. The third kappa shape index (κ3) is 9.88. The molecule has 374 valence electrons. The summed E-state index contributed by atoms with van der Waals surface area (Å²) in [4.78, 5) is 15.3. The van der Waals surface area contributed by atoms with Crippen molar-refractivity contribution in [3.8, 4) is 0 Å². The van der Waals surface area contributed by atoms with E-state index in [-0.39, 0.29) is 0 Å². The van der Waals surface area contributed by atoms with Gasteiger partial charge in [-0.25, -0.2) is 9.98 Å². The molecule has 2 heterocycles. The Labute approximate surface area is 450 Å².